The first-order valence-electron chi connectivity index (χ1n) is 5.40. The van der Waals surface area contributed by atoms with Crippen molar-refractivity contribution in [3.63, 3.8) is 0 Å². The minimum atomic E-state index is -3.77. The van der Waals surface area contributed by atoms with Crippen LogP contribution in [0.4, 0.5) is 0 Å². The zero-order valence-corrected chi connectivity index (χ0v) is 12.2. The minimum Gasteiger partial charge on any atom is -0.348 e. The van der Waals surface area contributed by atoms with Crippen molar-refractivity contribution in [2.24, 2.45) is 0 Å². The molecular weight excluding hydrogens is 290 g/mol. The van der Waals surface area contributed by atoms with Gasteiger partial charge in [-0.05, 0) is 12.1 Å². The predicted octanol–water partition coefficient (Wildman–Crippen LogP) is 1.03. The molecule has 19 heavy (non-hydrogen) atoms. The first-order valence-corrected chi connectivity index (χ1v) is 7.60. The van der Waals surface area contributed by atoms with Gasteiger partial charge in [-0.2, -0.15) is 0 Å². The van der Waals surface area contributed by atoms with Crippen molar-refractivity contribution in [2.75, 3.05) is 25.6 Å². The summed E-state index contributed by atoms with van der Waals surface area (Å²) in [7, 11) is -0.860. The molecule has 0 heterocycles. The van der Waals surface area contributed by atoms with Gasteiger partial charge < -0.3 is 4.90 Å². The Morgan fingerprint density at radius 1 is 1.21 bits per heavy atom. The number of hydrogen-bond acceptors (Lipinski definition) is 4. The number of sulfone groups is 1. The number of hydrogen-bond donors (Lipinski definition) is 0. The molecule has 0 aliphatic carbocycles. The summed E-state index contributed by atoms with van der Waals surface area (Å²) in [5, 5.41) is 0.354. The fourth-order valence-corrected chi connectivity index (χ4v) is 2.81. The first-order chi connectivity index (χ1) is 8.71. The Hall–Kier alpha value is -1.40. The van der Waals surface area contributed by atoms with Crippen LogP contribution >= 0.6 is 11.6 Å². The number of benzene rings is 1. The highest BCUT2D eigenvalue weighted by Crippen LogP contribution is 2.12. The molecule has 1 amide bonds. The molecule has 0 spiro atoms. The number of halogens is 1. The van der Waals surface area contributed by atoms with Crippen molar-refractivity contribution < 1.29 is 18.0 Å². The van der Waals surface area contributed by atoms with Crippen molar-refractivity contribution in [3.8, 4) is 0 Å². The monoisotopic (exact) mass is 303 g/mol. The lowest BCUT2D eigenvalue weighted by Crippen LogP contribution is -2.32. The normalized spacial score (nSPS) is 11.1. The molecule has 0 bridgehead atoms. The third-order valence-electron chi connectivity index (χ3n) is 2.34. The van der Waals surface area contributed by atoms with Crippen LogP contribution in [-0.4, -0.2) is 50.6 Å². The lowest BCUT2D eigenvalue weighted by atomic mass is 10.1. The maximum atomic E-state index is 11.8. The largest absolute Gasteiger partial charge is 0.348 e. The number of carbonyl (C=O) groups excluding carboxylic acids is 2. The smallest absolute Gasteiger partial charge is 0.237 e. The van der Waals surface area contributed by atoms with Gasteiger partial charge in [0.15, 0.2) is 15.6 Å². The maximum absolute atomic E-state index is 11.8. The quantitative estimate of drug-likeness (QED) is 0.762. The Bertz CT molecular complexity index is 596. The summed E-state index contributed by atoms with van der Waals surface area (Å²) in [6.07, 6.45) is 0. The summed E-state index contributed by atoms with van der Waals surface area (Å²) in [4.78, 5) is 24.3. The summed E-state index contributed by atoms with van der Waals surface area (Å²) >= 11 is 5.72. The molecule has 0 aliphatic heterocycles. The highest BCUT2D eigenvalue weighted by Gasteiger charge is 2.22. The molecule has 0 aromatic heterocycles. The molecule has 0 radical (unpaired) electrons. The summed E-state index contributed by atoms with van der Waals surface area (Å²) in [6, 6.07) is 6.03. The van der Waals surface area contributed by atoms with Crippen molar-refractivity contribution in [1.82, 2.24) is 4.90 Å². The van der Waals surface area contributed by atoms with Gasteiger partial charge in [-0.3, -0.25) is 9.59 Å². The number of Topliss-reactive ketones (excluding diaryl/α,β-unsaturated/α-hetero) is 1. The highest BCUT2D eigenvalue weighted by molar-refractivity contribution is 7.92. The Morgan fingerprint density at radius 2 is 1.84 bits per heavy atom. The predicted molar refractivity (Wildman–Crippen MR) is 73.1 cm³/mol. The molecule has 0 N–H and O–H groups in total. The lowest BCUT2D eigenvalue weighted by molar-refractivity contribution is -0.125. The average molecular weight is 304 g/mol. The van der Waals surface area contributed by atoms with Crippen LogP contribution in [0.5, 0.6) is 0 Å². The molecule has 0 saturated carbocycles. The van der Waals surface area contributed by atoms with Gasteiger partial charge in [0.25, 0.3) is 0 Å². The molecule has 5 nitrogen and oxygen atoms in total. The van der Waals surface area contributed by atoms with E-state index in [1.165, 1.54) is 31.1 Å². The average Bonchev–Trinajstić information content (AvgIpc) is 2.27. The Morgan fingerprint density at radius 3 is 2.37 bits per heavy atom. The van der Waals surface area contributed by atoms with Gasteiger partial charge in [0, 0.05) is 24.7 Å². The molecule has 7 heteroatoms. The molecule has 0 saturated heterocycles. The summed E-state index contributed by atoms with van der Waals surface area (Å²) in [5.41, 5.74) is 0.216. The minimum absolute atomic E-state index is 0.216. The number of nitrogens with zero attached hydrogens (tertiary/aromatic N) is 1. The SMILES string of the molecule is CN(C)C(=O)CS(=O)(=O)CC(=O)c1cccc(Cl)c1. The van der Waals surface area contributed by atoms with Gasteiger partial charge in [-0.25, -0.2) is 8.42 Å². The molecule has 0 fully saturated rings. The second-order valence-electron chi connectivity index (χ2n) is 4.25. The van der Waals surface area contributed by atoms with E-state index in [2.05, 4.69) is 0 Å². The standard InChI is InChI=1S/C12H14ClNO4S/c1-14(2)12(16)8-19(17,18)7-11(15)9-4-3-5-10(13)6-9/h3-6H,7-8H2,1-2H3. The zero-order chi connectivity index (χ0) is 14.6. The second-order valence-corrected chi connectivity index (χ2v) is 6.75. The van der Waals surface area contributed by atoms with Crippen molar-refractivity contribution in [1.29, 1.82) is 0 Å². The van der Waals surface area contributed by atoms with Crippen LogP contribution in [0, 0.1) is 0 Å². The number of carbonyl (C=O) groups is 2. The van der Waals surface area contributed by atoms with E-state index < -0.39 is 33.0 Å². The molecule has 1 aromatic carbocycles. The summed E-state index contributed by atoms with van der Waals surface area (Å²) < 4.78 is 23.4. The molecule has 1 aromatic rings. The van der Waals surface area contributed by atoms with Crippen LogP contribution in [0.3, 0.4) is 0 Å². The third-order valence-corrected chi connectivity index (χ3v) is 3.96. The van der Waals surface area contributed by atoms with E-state index >= 15 is 0 Å². The van der Waals surface area contributed by atoms with E-state index in [0.717, 1.165) is 0 Å². The van der Waals surface area contributed by atoms with E-state index in [1.807, 2.05) is 0 Å². The summed E-state index contributed by atoms with van der Waals surface area (Å²) in [6.45, 7) is 0. The second kappa shape index (κ2) is 6.16. The number of amides is 1. The molecular formula is C12H14ClNO4S. The first kappa shape index (κ1) is 15.7. The van der Waals surface area contributed by atoms with Crippen molar-refractivity contribution in [3.05, 3.63) is 34.9 Å². The van der Waals surface area contributed by atoms with Gasteiger partial charge in [-0.1, -0.05) is 23.7 Å². The van der Waals surface area contributed by atoms with Gasteiger partial charge in [0.1, 0.15) is 11.5 Å². The van der Waals surface area contributed by atoms with Crippen LogP contribution in [-0.2, 0) is 14.6 Å². The van der Waals surface area contributed by atoms with E-state index in [-0.39, 0.29) is 5.56 Å². The van der Waals surface area contributed by atoms with Crippen LogP contribution in [0.15, 0.2) is 24.3 Å². The van der Waals surface area contributed by atoms with Crippen LogP contribution in [0.1, 0.15) is 10.4 Å². The van der Waals surface area contributed by atoms with Crippen molar-refractivity contribution in [2.45, 2.75) is 0 Å². The Balaban J connectivity index is 2.79. The molecule has 0 unspecified atom stereocenters. The Labute approximate surface area is 117 Å². The van der Waals surface area contributed by atoms with Gasteiger partial charge >= 0.3 is 0 Å². The van der Waals surface area contributed by atoms with Gasteiger partial charge in [0.2, 0.25) is 5.91 Å². The van der Waals surface area contributed by atoms with Crippen LogP contribution in [0.2, 0.25) is 5.02 Å². The highest BCUT2D eigenvalue weighted by atomic mass is 35.5. The molecule has 0 atom stereocenters. The van der Waals surface area contributed by atoms with E-state index in [9.17, 15) is 18.0 Å². The Kier molecular flexibility index (Phi) is 5.08. The van der Waals surface area contributed by atoms with E-state index in [1.54, 1.807) is 12.1 Å². The fraction of sp³-hybridized carbons (Fsp3) is 0.333. The maximum Gasteiger partial charge on any atom is 0.237 e. The zero-order valence-electron chi connectivity index (χ0n) is 10.6. The van der Waals surface area contributed by atoms with Crippen LogP contribution < -0.4 is 0 Å². The van der Waals surface area contributed by atoms with E-state index in [0.29, 0.717) is 5.02 Å². The number of ketones is 1. The molecule has 1 rings (SSSR count). The van der Waals surface area contributed by atoms with E-state index in [4.69, 9.17) is 11.6 Å². The molecule has 0 aliphatic rings. The molecule has 104 valence electrons. The van der Waals surface area contributed by atoms with Gasteiger partial charge in [-0.15, -0.1) is 0 Å². The van der Waals surface area contributed by atoms with Gasteiger partial charge in [0.05, 0.1) is 0 Å². The third kappa shape index (κ3) is 5.00. The topological polar surface area (TPSA) is 71.5 Å². The summed E-state index contributed by atoms with van der Waals surface area (Å²) in [5.74, 6) is -2.51. The van der Waals surface area contributed by atoms with Crippen LogP contribution in [0.25, 0.3) is 0 Å². The van der Waals surface area contributed by atoms with Crippen molar-refractivity contribution >= 4 is 33.1 Å². The number of rotatable bonds is 5. The lowest BCUT2D eigenvalue weighted by Gasteiger charge is -2.10. The fourth-order valence-electron chi connectivity index (χ4n) is 1.31.